The fraction of sp³-hybridized carbons (Fsp3) is 0.700. The number of aliphatic imine (C=N–C) groups is 1. The monoisotopic (exact) mass is 505 g/mol. The lowest BCUT2D eigenvalue weighted by Gasteiger charge is -2.31. The first-order valence-electron chi connectivity index (χ1n) is 9.94. The minimum absolute atomic E-state index is 0. The van der Waals surface area contributed by atoms with Gasteiger partial charge in [-0.2, -0.15) is 11.8 Å². The average Bonchev–Trinajstić information content (AvgIpc) is 2.67. The molecule has 5 nitrogen and oxygen atoms in total. The van der Waals surface area contributed by atoms with E-state index in [9.17, 15) is 0 Å². The van der Waals surface area contributed by atoms with Gasteiger partial charge in [0.2, 0.25) is 0 Å². The van der Waals surface area contributed by atoms with Crippen molar-refractivity contribution in [1.82, 2.24) is 15.6 Å². The Morgan fingerprint density at radius 2 is 2.04 bits per heavy atom. The number of unbranched alkanes of at least 4 members (excludes halogenated alkanes) is 1. The second-order valence-corrected chi connectivity index (χ2v) is 8.00. The molecule has 0 atom stereocenters. The summed E-state index contributed by atoms with van der Waals surface area (Å²) in [7, 11) is 0. The Hall–Kier alpha value is -0.700. The van der Waals surface area contributed by atoms with E-state index < -0.39 is 0 Å². The fourth-order valence-electron chi connectivity index (χ4n) is 3.03. The summed E-state index contributed by atoms with van der Waals surface area (Å²) < 4.78 is 0. The van der Waals surface area contributed by atoms with Crippen LogP contribution in [-0.2, 0) is 6.54 Å². The third kappa shape index (κ3) is 9.36. The lowest BCUT2D eigenvalue weighted by atomic mass is 9.99. The van der Waals surface area contributed by atoms with Crippen molar-refractivity contribution in [3.8, 4) is 0 Å². The molecule has 0 radical (unpaired) electrons. The highest BCUT2D eigenvalue weighted by Gasteiger charge is 2.16. The predicted octanol–water partition coefficient (Wildman–Crippen LogP) is 4.13. The molecule has 2 rings (SSSR count). The Balaban J connectivity index is 0.00000364. The maximum absolute atomic E-state index is 4.69. The van der Waals surface area contributed by atoms with E-state index in [4.69, 9.17) is 0 Å². The smallest absolute Gasteiger partial charge is 0.191 e. The first-order valence-corrected chi connectivity index (χ1v) is 11.3. The molecule has 1 aromatic rings. The molecule has 1 aromatic heterocycles. The van der Waals surface area contributed by atoms with E-state index in [2.05, 4.69) is 57.7 Å². The van der Waals surface area contributed by atoms with Crippen LogP contribution >= 0.6 is 35.7 Å². The van der Waals surface area contributed by atoms with Crippen LogP contribution in [0.1, 0.15) is 45.1 Å². The molecule has 1 fully saturated rings. The Morgan fingerprint density at radius 3 is 2.67 bits per heavy atom. The maximum Gasteiger partial charge on any atom is 0.191 e. The molecular formula is C20H36IN5S. The van der Waals surface area contributed by atoms with Crippen molar-refractivity contribution >= 4 is 47.5 Å². The first-order chi connectivity index (χ1) is 12.7. The van der Waals surface area contributed by atoms with Gasteiger partial charge in [-0.15, -0.1) is 24.0 Å². The number of thioether (sulfide) groups is 1. The van der Waals surface area contributed by atoms with Crippen LogP contribution in [-0.4, -0.2) is 49.1 Å². The summed E-state index contributed by atoms with van der Waals surface area (Å²) in [5.41, 5.74) is 1.15. The molecule has 7 heteroatoms. The van der Waals surface area contributed by atoms with Crippen LogP contribution in [0.5, 0.6) is 0 Å². The average molecular weight is 506 g/mol. The maximum atomic E-state index is 4.69. The summed E-state index contributed by atoms with van der Waals surface area (Å²) >= 11 is 1.91. The molecule has 27 heavy (non-hydrogen) atoms. The molecule has 0 aromatic carbocycles. The Bertz CT molecular complexity index is 530. The minimum atomic E-state index is 0. The van der Waals surface area contributed by atoms with Gasteiger partial charge in [0.1, 0.15) is 5.82 Å². The number of rotatable bonds is 9. The second-order valence-electron chi connectivity index (χ2n) is 7.02. The number of aromatic nitrogens is 1. The van der Waals surface area contributed by atoms with Crippen molar-refractivity contribution in [1.29, 1.82) is 0 Å². The van der Waals surface area contributed by atoms with Crippen LogP contribution in [0.25, 0.3) is 0 Å². The number of nitrogens with one attached hydrogen (secondary N) is 2. The van der Waals surface area contributed by atoms with E-state index >= 15 is 0 Å². The molecule has 0 bridgehead atoms. The second kappa shape index (κ2) is 14.3. The predicted molar refractivity (Wildman–Crippen MR) is 131 cm³/mol. The topological polar surface area (TPSA) is 52.6 Å². The molecule has 154 valence electrons. The SMILES string of the molecule is CCNC(=NCc1ccc(N2CCC(C)CC2)nc1)NCCCCSC.I. The van der Waals surface area contributed by atoms with Gasteiger partial charge in [-0.25, -0.2) is 9.98 Å². The van der Waals surface area contributed by atoms with Crippen LogP contribution in [0.15, 0.2) is 23.3 Å². The van der Waals surface area contributed by atoms with Crippen molar-refractivity contribution in [3.05, 3.63) is 23.9 Å². The van der Waals surface area contributed by atoms with Gasteiger partial charge in [0.05, 0.1) is 6.54 Å². The van der Waals surface area contributed by atoms with E-state index in [1.807, 2.05) is 18.0 Å². The number of hydrogen-bond donors (Lipinski definition) is 2. The van der Waals surface area contributed by atoms with Gasteiger partial charge < -0.3 is 15.5 Å². The molecule has 2 N–H and O–H groups in total. The quantitative estimate of drug-likeness (QED) is 0.229. The number of piperidine rings is 1. The third-order valence-corrected chi connectivity index (χ3v) is 5.45. The summed E-state index contributed by atoms with van der Waals surface area (Å²) in [5.74, 6) is 4.07. The van der Waals surface area contributed by atoms with Crippen molar-refractivity contribution in [2.75, 3.05) is 43.1 Å². The Kier molecular flexibility index (Phi) is 12.9. The number of hydrogen-bond acceptors (Lipinski definition) is 4. The zero-order valence-corrected chi connectivity index (χ0v) is 20.2. The molecule has 1 aliphatic rings. The Labute approximate surface area is 186 Å². The molecule has 2 heterocycles. The van der Waals surface area contributed by atoms with Crippen LogP contribution in [0.2, 0.25) is 0 Å². The highest BCUT2D eigenvalue weighted by molar-refractivity contribution is 14.0. The van der Waals surface area contributed by atoms with Gasteiger partial charge in [-0.05, 0) is 62.2 Å². The fourth-order valence-corrected chi connectivity index (χ4v) is 3.52. The molecule has 0 unspecified atom stereocenters. The van der Waals surface area contributed by atoms with Gasteiger partial charge in [0.15, 0.2) is 5.96 Å². The normalized spacial score (nSPS) is 15.4. The van der Waals surface area contributed by atoms with Gasteiger partial charge in [0.25, 0.3) is 0 Å². The minimum Gasteiger partial charge on any atom is -0.357 e. The molecule has 1 aliphatic heterocycles. The van der Waals surface area contributed by atoms with Crippen molar-refractivity contribution < 1.29 is 0 Å². The largest absolute Gasteiger partial charge is 0.357 e. The summed E-state index contributed by atoms with van der Waals surface area (Å²) in [4.78, 5) is 11.7. The van der Waals surface area contributed by atoms with Crippen molar-refractivity contribution in [2.45, 2.75) is 46.1 Å². The van der Waals surface area contributed by atoms with Gasteiger partial charge in [-0.3, -0.25) is 0 Å². The number of halogens is 1. The number of guanidine groups is 1. The van der Waals surface area contributed by atoms with E-state index in [1.54, 1.807) is 0 Å². The van der Waals surface area contributed by atoms with E-state index in [0.29, 0.717) is 6.54 Å². The highest BCUT2D eigenvalue weighted by atomic mass is 127. The summed E-state index contributed by atoms with van der Waals surface area (Å²) in [6, 6.07) is 4.30. The highest BCUT2D eigenvalue weighted by Crippen LogP contribution is 2.21. The summed E-state index contributed by atoms with van der Waals surface area (Å²) in [5, 5.41) is 6.73. The molecule has 0 saturated carbocycles. The van der Waals surface area contributed by atoms with Gasteiger partial charge >= 0.3 is 0 Å². The molecule has 1 saturated heterocycles. The lowest BCUT2D eigenvalue weighted by molar-refractivity contribution is 0.436. The van der Waals surface area contributed by atoms with Crippen molar-refractivity contribution in [2.24, 2.45) is 10.9 Å². The van der Waals surface area contributed by atoms with E-state index in [0.717, 1.165) is 49.4 Å². The number of anilines is 1. The number of nitrogens with zero attached hydrogens (tertiary/aromatic N) is 3. The summed E-state index contributed by atoms with van der Waals surface area (Å²) in [6.45, 7) is 9.18. The molecular weight excluding hydrogens is 469 g/mol. The lowest BCUT2D eigenvalue weighted by Crippen LogP contribution is -2.37. The van der Waals surface area contributed by atoms with E-state index in [1.165, 1.54) is 31.4 Å². The van der Waals surface area contributed by atoms with Crippen molar-refractivity contribution in [3.63, 3.8) is 0 Å². The zero-order chi connectivity index (χ0) is 18.6. The Morgan fingerprint density at radius 1 is 1.26 bits per heavy atom. The van der Waals surface area contributed by atoms with Crippen LogP contribution in [0.3, 0.4) is 0 Å². The van der Waals surface area contributed by atoms with Gasteiger partial charge in [0, 0.05) is 32.4 Å². The first kappa shape index (κ1) is 24.3. The van der Waals surface area contributed by atoms with Crippen LogP contribution < -0.4 is 15.5 Å². The standard InChI is InChI=1S/C20H35N5S.HI/c1-4-21-20(22-11-5-6-14-26-3)24-16-18-7-8-19(23-15-18)25-12-9-17(2)10-13-25;/h7-8,15,17H,4-6,9-14,16H2,1-3H3,(H2,21,22,24);1H. The summed E-state index contributed by atoms with van der Waals surface area (Å²) in [6.07, 6.45) is 9.08. The van der Waals surface area contributed by atoms with Gasteiger partial charge in [-0.1, -0.05) is 13.0 Å². The van der Waals surface area contributed by atoms with Crippen LogP contribution in [0.4, 0.5) is 5.82 Å². The number of pyridine rings is 1. The molecule has 0 aliphatic carbocycles. The van der Waals surface area contributed by atoms with Crippen LogP contribution in [0, 0.1) is 5.92 Å². The molecule has 0 amide bonds. The zero-order valence-electron chi connectivity index (χ0n) is 17.0. The molecule has 0 spiro atoms. The van der Waals surface area contributed by atoms with E-state index in [-0.39, 0.29) is 24.0 Å². The third-order valence-electron chi connectivity index (χ3n) is 4.75.